The van der Waals surface area contributed by atoms with Crippen LogP contribution >= 0.6 is 0 Å². The molecule has 1 aliphatic rings. The van der Waals surface area contributed by atoms with Gasteiger partial charge in [0, 0.05) is 5.92 Å². The highest BCUT2D eigenvalue weighted by Crippen LogP contribution is 2.26. The maximum Gasteiger partial charge on any atom is 0.0720 e. The Bertz CT molecular complexity index is 291. The Balaban J connectivity index is 2.46. The molecule has 0 amide bonds. The molecule has 1 nitrogen and oxygen atoms in total. The van der Waals surface area contributed by atoms with Crippen molar-refractivity contribution in [3.05, 3.63) is 34.9 Å². The second-order valence-electron chi connectivity index (χ2n) is 3.62. The van der Waals surface area contributed by atoms with Gasteiger partial charge in [0.1, 0.15) is 0 Å². The van der Waals surface area contributed by atoms with Crippen molar-refractivity contribution in [2.24, 2.45) is 0 Å². The van der Waals surface area contributed by atoms with E-state index >= 15 is 0 Å². The van der Waals surface area contributed by atoms with Gasteiger partial charge in [0.2, 0.25) is 0 Å². The number of ether oxygens (including phenoxy) is 1. The lowest BCUT2D eigenvalue weighted by atomic mass is 9.93. The molecule has 0 spiro atoms. The van der Waals surface area contributed by atoms with Crippen molar-refractivity contribution in [1.29, 1.82) is 0 Å². The molecule has 1 aliphatic heterocycles. The monoisotopic (exact) mass is 162 g/mol. The summed E-state index contributed by atoms with van der Waals surface area (Å²) in [5.41, 5.74) is 4.16. The van der Waals surface area contributed by atoms with Crippen LogP contribution in [0.4, 0.5) is 0 Å². The minimum absolute atomic E-state index is 0.564. The fraction of sp³-hybridized carbons (Fsp3) is 0.455. The normalized spacial score (nSPS) is 22.0. The average molecular weight is 162 g/mol. The first kappa shape index (κ1) is 7.81. The minimum atomic E-state index is 0.564. The average Bonchev–Trinajstić information content (AvgIpc) is 2.04. The van der Waals surface area contributed by atoms with E-state index in [4.69, 9.17) is 4.74 Å². The fourth-order valence-electron chi connectivity index (χ4n) is 1.78. The van der Waals surface area contributed by atoms with Crippen molar-refractivity contribution in [2.45, 2.75) is 26.4 Å². The van der Waals surface area contributed by atoms with Crippen LogP contribution in [0.5, 0.6) is 0 Å². The van der Waals surface area contributed by atoms with E-state index in [0.717, 1.165) is 13.2 Å². The van der Waals surface area contributed by atoms with E-state index in [1.165, 1.54) is 16.7 Å². The van der Waals surface area contributed by atoms with Gasteiger partial charge in [0.05, 0.1) is 13.2 Å². The van der Waals surface area contributed by atoms with Gasteiger partial charge in [-0.25, -0.2) is 0 Å². The molecule has 0 radical (unpaired) electrons. The highest BCUT2D eigenvalue weighted by atomic mass is 16.5. The molecule has 0 bridgehead atoms. The van der Waals surface area contributed by atoms with Crippen LogP contribution in [0.25, 0.3) is 0 Å². The van der Waals surface area contributed by atoms with Crippen LogP contribution in [0.2, 0.25) is 0 Å². The number of hydrogen-bond donors (Lipinski definition) is 0. The van der Waals surface area contributed by atoms with Crippen LogP contribution in [0.15, 0.2) is 18.2 Å². The lowest BCUT2D eigenvalue weighted by Gasteiger charge is -2.22. The summed E-state index contributed by atoms with van der Waals surface area (Å²) >= 11 is 0. The summed E-state index contributed by atoms with van der Waals surface area (Å²) in [7, 11) is 0. The van der Waals surface area contributed by atoms with Crippen molar-refractivity contribution in [2.75, 3.05) is 6.61 Å². The number of hydrogen-bond acceptors (Lipinski definition) is 1. The summed E-state index contributed by atoms with van der Waals surface area (Å²) in [4.78, 5) is 0. The Morgan fingerprint density at radius 3 is 3.08 bits per heavy atom. The summed E-state index contributed by atoms with van der Waals surface area (Å²) in [6.07, 6.45) is 0. The molecule has 0 saturated carbocycles. The topological polar surface area (TPSA) is 9.23 Å². The quantitative estimate of drug-likeness (QED) is 0.569. The van der Waals surface area contributed by atoms with Gasteiger partial charge in [0.15, 0.2) is 0 Å². The van der Waals surface area contributed by atoms with Gasteiger partial charge in [0.25, 0.3) is 0 Å². The van der Waals surface area contributed by atoms with Gasteiger partial charge in [-0.1, -0.05) is 30.7 Å². The highest BCUT2D eigenvalue weighted by molar-refractivity contribution is 5.34. The van der Waals surface area contributed by atoms with Crippen molar-refractivity contribution in [3.8, 4) is 0 Å². The molecule has 0 saturated heterocycles. The fourth-order valence-corrected chi connectivity index (χ4v) is 1.78. The molecular weight excluding hydrogens is 148 g/mol. The van der Waals surface area contributed by atoms with E-state index in [1.807, 2.05) is 0 Å². The van der Waals surface area contributed by atoms with E-state index in [9.17, 15) is 0 Å². The molecule has 64 valence electrons. The van der Waals surface area contributed by atoms with Crippen LogP contribution in [0, 0.1) is 6.92 Å². The molecule has 1 aromatic carbocycles. The molecule has 1 atom stereocenters. The Hall–Kier alpha value is -0.820. The zero-order valence-corrected chi connectivity index (χ0v) is 7.63. The summed E-state index contributed by atoms with van der Waals surface area (Å²) < 4.78 is 5.46. The first-order valence-corrected chi connectivity index (χ1v) is 4.44. The summed E-state index contributed by atoms with van der Waals surface area (Å²) in [6.45, 7) is 6.00. The standard InChI is InChI=1S/C11H14O/c1-8-3-4-11-9(2)6-12-7-10(11)5-8/h3-5,9H,6-7H2,1-2H3. The zero-order chi connectivity index (χ0) is 8.55. The van der Waals surface area contributed by atoms with Gasteiger partial charge in [-0.2, -0.15) is 0 Å². The predicted molar refractivity (Wildman–Crippen MR) is 49.3 cm³/mol. The van der Waals surface area contributed by atoms with Gasteiger partial charge >= 0.3 is 0 Å². The van der Waals surface area contributed by atoms with Crippen molar-refractivity contribution in [3.63, 3.8) is 0 Å². The maximum atomic E-state index is 5.46. The molecule has 0 aromatic heterocycles. The van der Waals surface area contributed by atoms with E-state index in [2.05, 4.69) is 32.0 Å². The minimum Gasteiger partial charge on any atom is -0.376 e. The molecule has 1 heteroatoms. The molecule has 0 N–H and O–H groups in total. The van der Waals surface area contributed by atoms with Crippen molar-refractivity contribution < 1.29 is 4.74 Å². The summed E-state index contributed by atoms with van der Waals surface area (Å²) in [6, 6.07) is 6.64. The van der Waals surface area contributed by atoms with Crippen LogP contribution in [-0.2, 0) is 11.3 Å². The first-order chi connectivity index (χ1) is 5.77. The lowest BCUT2D eigenvalue weighted by molar-refractivity contribution is 0.0950. The Kier molecular flexibility index (Phi) is 1.89. The van der Waals surface area contributed by atoms with E-state index < -0.39 is 0 Å². The second kappa shape index (κ2) is 2.91. The van der Waals surface area contributed by atoms with E-state index in [1.54, 1.807) is 0 Å². The smallest absolute Gasteiger partial charge is 0.0720 e. The largest absolute Gasteiger partial charge is 0.376 e. The third-order valence-electron chi connectivity index (χ3n) is 2.45. The molecule has 0 fully saturated rings. The highest BCUT2D eigenvalue weighted by Gasteiger charge is 2.15. The van der Waals surface area contributed by atoms with Crippen LogP contribution in [-0.4, -0.2) is 6.61 Å². The molecule has 1 aromatic rings. The lowest BCUT2D eigenvalue weighted by Crippen LogP contribution is -2.13. The second-order valence-corrected chi connectivity index (χ2v) is 3.62. The van der Waals surface area contributed by atoms with Crippen LogP contribution in [0.3, 0.4) is 0 Å². The number of rotatable bonds is 0. The molecule has 1 unspecified atom stereocenters. The van der Waals surface area contributed by atoms with Crippen molar-refractivity contribution in [1.82, 2.24) is 0 Å². The Morgan fingerprint density at radius 2 is 2.25 bits per heavy atom. The molecule has 0 aliphatic carbocycles. The molecule has 2 rings (SSSR count). The summed E-state index contributed by atoms with van der Waals surface area (Å²) in [5.74, 6) is 0.564. The third-order valence-corrected chi connectivity index (χ3v) is 2.45. The zero-order valence-electron chi connectivity index (χ0n) is 7.63. The van der Waals surface area contributed by atoms with Crippen molar-refractivity contribution >= 4 is 0 Å². The number of benzene rings is 1. The summed E-state index contributed by atoms with van der Waals surface area (Å²) in [5, 5.41) is 0. The van der Waals surface area contributed by atoms with Crippen LogP contribution in [0.1, 0.15) is 29.5 Å². The third kappa shape index (κ3) is 1.25. The molecular formula is C11H14O. The molecule has 12 heavy (non-hydrogen) atoms. The number of aryl methyl sites for hydroxylation is 1. The Labute approximate surface area is 73.4 Å². The SMILES string of the molecule is Cc1ccc2c(c1)COCC2C. The van der Waals surface area contributed by atoms with E-state index in [-0.39, 0.29) is 0 Å². The van der Waals surface area contributed by atoms with Gasteiger partial charge < -0.3 is 4.74 Å². The van der Waals surface area contributed by atoms with Gasteiger partial charge in [-0.05, 0) is 18.1 Å². The Morgan fingerprint density at radius 1 is 1.42 bits per heavy atom. The van der Waals surface area contributed by atoms with Gasteiger partial charge in [-0.3, -0.25) is 0 Å². The number of fused-ring (bicyclic) bond motifs is 1. The van der Waals surface area contributed by atoms with Gasteiger partial charge in [-0.15, -0.1) is 0 Å². The van der Waals surface area contributed by atoms with Crippen LogP contribution < -0.4 is 0 Å². The first-order valence-electron chi connectivity index (χ1n) is 4.44. The van der Waals surface area contributed by atoms with E-state index in [0.29, 0.717) is 5.92 Å². The molecule has 1 heterocycles. The maximum absolute atomic E-state index is 5.46. The predicted octanol–water partition coefficient (Wildman–Crippen LogP) is 2.63.